The summed E-state index contributed by atoms with van der Waals surface area (Å²) in [5.74, 6) is 0. The lowest BCUT2D eigenvalue weighted by molar-refractivity contribution is 0.603. The molecule has 0 bridgehead atoms. The number of sulfone groups is 1. The van der Waals surface area contributed by atoms with Crippen LogP contribution in [-0.4, -0.2) is 21.2 Å². The van der Waals surface area contributed by atoms with E-state index in [4.69, 9.17) is 0 Å². The molecular weight excluding hydrogens is 150 g/mol. The van der Waals surface area contributed by atoms with Crippen molar-refractivity contribution in [2.24, 2.45) is 0 Å². The molecule has 0 spiro atoms. The molecule has 1 aliphatic rings. The standard InChI is InChI=1S/C6H9NO2S/c1-10(8,9)6-4-2-3-5-7-6/h2-4,7H,5H2,1H3. The van der Waals surface area contributed by atoms with Gasteiger partial charge in [0.1, 0.15) is 5.03 Å². The van der Waals surface area contributed by atoms with Crippen molar-refractivity contribution in [2.75, 3.05) is 12.8 Å². The number of hydrogen-bond donors (Lipinski definition) is 1. The van der Waals surface area contributed by atoms with E-state index in [0.717, 1.165) is 0 Å². The van der Waals surface area contributed by atoms with Crippen LogP contribution in [0.25, 0.3) is 0 Å². The predicted octanol–water partition coefficient (Wildman–Crippen LogP) is 0.0318. The third-order valence-electron chi connectivity index (χ3n) is 1.18. The van der Waals surface area contributed by atoms with Crippen LogP contribution < -0.4 is 5.32 Å². The topological polar surface area (TPSA) is 46.2 Å². The summed E-state index contributed by atoms with van der Waals surface area (Å²) in [7, 11) is -3.03. The van der Waals surface area contributed by atoms with Crippen molar-refractivity contribution in [1.29, 1.82) is 0 Å². The number of rotatable bonds is 1. The van der Waals surface area contributed by atoms with E-state index in [1.165, 1.54) is 6.26 Å². The first-order chi connectivity index (χ1) is 4.61. The van der Waals surface area contributed by atoms with Gasteiger partial charge in [0.15, 0.2) is 9.84 Å². The van der Waals surface area contributed by atoms with Crippen molar-refractivity contribution >= 4 is 9.84 Å². The van der Waals surface area contributed by atoms with Gasteiger partial charge in [0.05, 0.1) is 0 Å². The molecule has 0 aliphatic carbocycles. The maximum absolute atomic E-state index is 10.8. The van der Waals surface area contributed by atoms with Gasteiger partial charge in [-0.25, -0.2) is 8.42 Å². The highest BCUT2D eigenvalue weighted by molar-refractivity contribution is 7.94. The van der Waals surface area contributed by atoms with Gasteiger partial charge in [0.2, 0.25) is 0 Å². The third kappa shape index (κ3) is 1.60. The highest BCUT2D eigenvalue weighted by Crippen LogP contribution is 2.02. The lowest BCUT2D eigenvalue weighted by Crippen LogP contribution is -2.21. The SMILES string of the molecule is CS(=O)(=O)C1=CC=CCN1. The van der Waals surface area contributed by atoms with E-state index in [2.05, 4.69) is 5.32 Å². The second-order valence-corrected chi connectivity index (χ2v) is 4.10. The Morgan fingerprint density at radius 2 is 2.30 bits per heavy atom. The minimum atomic E-state index is -3.03. The van der Waals surface area contributed by atoms with Crippen molar-refractivity contribution in [1.82, 2.24) is 5.32 Å². The minimum absolute atomic E-state index is 0.301. The van der Waals surface area contributed by atoms with Crippen LogP contribution in [0, 0.1) is 0 Å². The Balaban J connectivity index is 2.93. The molecule has 56 valence electrons. The molecular formula is C6H9NO2S. The molecule has 0 aromatic rings. The Morgan fingerprint density at radius 1 is 1.60 bits per heavy atom. The van der Waals surface area contributed by atoms with Gasteiger partial charge in [-0.3, -0.25) is 0 Å². The quantitative estimate of drug-likeness (QED) is 0.587. The second-order valence-electron chi connectivity index (χ2n) is 2.11. The maximum atomic E-state index is 10.8. The van der Waals surface area contributed by atoms with E-state index in [0.29, 0.717) is 11.6 Å². The first kappa shape index (κ1) is 7.34. The summed E-state index contributed by atoms with van der Waals surface area (Å²) >= 11 is 0. The van der Waals surface area contributed by atoms with E-state index in [1.807, 2.05) is 6.08 Å². The highest BCUT2D eigenvalue weighted by Gasteiger charge is 2.09. The molecule has 10 heavy (non-hydrogen) atoms. The van der Waals surface area contributed by atoms with Gasteiger partial charge in [-0.2, -0.15) is 0 Å². The highest BCUT2D eigenvalue weighted by atomic mass is 32.2. The fourth-order valence-corrected chi connectivity index (χ4v) is 1.37. The van der Waals surface area contributed by atoms with Gasteiger partial charge in [-0.1, -0.05) is 12.2 Å². The average Bonchev–Trinajstić information content (AvgIpc) is 1.88. The molecule has 1 aliphatic heterocycles. The van der Waals surface area contributed by atoms with Gasteiger partial charge >= 0.3 is 0 Å². The van der Waals surface area contributed by atoms with Crippen molar-refractivity contribution in [3.05, 3.63) is 23.3 Å². The zero-order valence-corrected chi connectivity index (χ0v) is 6.48. The summed E-state index contributed by atoms with van der Waals surface area (Å²) in [6.45, 7) is 0.596. The zero-order chi connectivity index (χ0) is 7.61. The van der Waals surface area contributed by atoms with Gasteiger partial charge in [0, 0.05) is 12.8 Å². The average molecular weight is 159 g/mol. The molecule has 1 heterocycles. The number of hydrogen-bond acceptors (Lipinski definition) is 3. The smallest absolute Gasteiger partial charge is 0.190 e. The largest absolute Gasteiger partial charge is 0.372 e. The Kier molecular flexibility index (Phi) is 1.80. The molecule has 1 rings (SSSR count). The van der Waals surface area contributed by atoms with E-state index in [9.17, 15) is 8.42 Å². The summed E-state index contributed by atoms with van der Waals surface area (Å²) < 4.78 is 21.6. The van der Waals surface area contributed by atoms with Gasteiger partial charge in [-0.05, 0) is 6.08 Å². The third-order valence-corrected chi connectivity index (χ3v) is 2.26. The molecule has 3 nitrogen and oxygen atoms in total. The Labute approximate surface area is 60.4 Å². The number of dihydropyridines is 1. The predicted molar refractivity (Wildman–Crippen MR) is 40.1 cm³/mol. The van der Waals surface area contributed by atoms with Gasteiger partial charge < -0.3 is 5.32 Å². The Bertz CT molecular complexity index is 274. The van der Waals surface area contributed by atoms with Gasteiger partial charge in [-0.15, -0.1) is 0 Å². The monoisotopic (exact) mass is 159 g/mol. The zero-order valence-electron chi connectivity index (χ0n) is 5.66. The normalized spacial score (nSPS) is 17.9. The molecule has 0 aromatic carbocycles. The van der Waals surface area contributed by atoms with Crippen molar-refractivity contribution in [3.63, 3.8) is 0 Å². The van der Waals surface area contributed by atoms with Crippen molar-refractivity contribution in [2.45, 2.75) is 0 Å². The summed E-state index contributed by atoms with van der Waals surface area (Å²) in [5.41, 5.74) is 0. The molecule has 4 heteroatoms. The first-order valence-corrected chi connectivity index (χ1v) is 4.80. The lowest BCUT2D eigenvalue weighted by Gasteiger charge is -2.08. The lowest BCUT2D eigenvalue weighted by atomic mass is 10.4. The summed E-state index contributed by atoms with van der Waals surface area (Å²) in [6, 6.07) is 0. The second kappa shape index (κ2) is 2.46. The summed E-state index contributed by atoms with van der Waals surface area (Å²) in [5, 5.41) is 3.05. The minimum Gasteiger partial charge on any atom is -0.372 e. The fraction of sp³-hybridized carbons (Fsp3) is 0.333. The maximum Gasteiger partial charge on any atom is 0.190 e. The molecule has 1 N–H and O–H groups in total. The first-order valence-electron chi connectivity index (χ1n) is 2.91. The van der Waals surface area contributed by atoms with Crippen LogP contribution in [0.5, 0.6) is 0 Å². The van der Waals surface area contributed by atoms with Crippen LogP contribution in [0.2, 0.25) is 0 Å². The molecule has 0 radical (unpaired) electrons. The van der Waals surface area contributed by atoms with E-state index >= 15 is 0 Å². The van der Waals surface area contributed by atoms with Crippen LogP contribution in [0.15, 0.2) is 23.3 Å². The van der Waals surface area contributed by atoms with E-state index in [1.54, 1.807) is 12.2 Å². The molecule has 0 saturated heterocycles. The van der Waals surface area contributed by atoms with E-state index < -0.39 is 9.84 Å². The molecule has 0 atom stereocenters. The summed E-state index contributed by atoms with van der Waals surface area (Å²) in [4.78, 5) is 0. The van der Waals surface area contributed by atoms with Crippen LogP contribution in [0.3, 0.4) is 0 Å². The van der Waals surface area contributed by atoms with Crippen molar-refractivity contribution in [3.8, 4) is 0 Å². The van der Waals surface area contributed by atoms with Crippen LogP contribution in [0.1, 0.15) is 0 Å². The van der Waals surface area contributed by atoms with Crippen LogP contribution in [-0.2, 0) is 9.84 Å². The van der Waals surface area contributed by atoms with Gasteiger partial charge in [0.25, 0.3) is 0 Å². The molecule has 0 unspecified atom stereocenters. The molecule has 0 aromatic heterocycles. The van der Waals surface area contributed by atoms with Crippen molar-refractivity contribution < 1.29 is 8.42 Å². The van der Waals surface area contributed by atoms with E-state index in [-0.39, 0.29) is 0 Å². The van der Waals surface area contributed by atoms with Crippen LogP contribution >= 0.6 is 0 Å². The summed E-state index contributed by atoms with van der Waals surface area (Å²) in [6.07, 6.45) is 6.32. The van der Waals surface area contributed by atoms with Crippen LogP contribution in [0.4, 0.5) is 0 Å². The number of nitrogens with one attached hydrogen (secondary N) is 1. The Morgan fingerprint density at radius 3 is 2.60 bits per heavy atom. The Hall–Kier alpha value is -0.770. The molecule has 0 saturated carbocycles. The number of allylic oxidation sites excluding steroid dienone is 2. The fourth-order valence-electron chi connectivity index (χ4n) is 0.697. The molecule has 0 amide bonds. The molecule has 0 fully saturated rings.